The van der Waals surface area contributed by atoms with E-state index in [0.717, 1.165) is 26.8 Å². The summed E-state index contributed by atoms with van der Waals surface area (Å²) >= 11 is 7.39. The first-order valence-electron chi connectivity index (χ1n) is 5.43. The first-order chi connectivity index (χ1) is 9.70. The van der Waals surface area contributed by atoms with E-state index in [0.29, 0.717) is 0 Å². The van der Waals surface area contributed by atoms with E-state index < -0.39 is 14.9 Å². The summed E-state index contributed by atoms with van der Waals surface area (Å²) in [5, 5.41) is 10.9. The molecule has 0 amide bonds. The summed E-state index contributed by atoms with van der Waals surface area (Å²) in [5.41, 5.74) is 0.730. The fourth-order valence-electron chi connectivity index (χ4n) is 1.49. The van der Waals surface area contributed by atoms with E-state index in [-0.39, 0.29) is 20.1 Å². The van der Waals surface area contributed by atoms with Gasteiger partial charge in [0.15, 0.2) is 0 Å². The maximum absolute atomic E-state index is 12.2. The Labute approximate surface area is 141 Å². The standard InChI is InChI=1S/C11H8Br2N2O4S2/c1-6-4-10(20-11(6)13)21(18,19)14-7-2-3-8(12)9(5-7)15(16)17/h2-5,14H,1H3. The Morgan fingerprint density at radius 3 is 2.48 bits per heavy atom. The quantitative estimate of drug-likeness (QED) is 0.549. The van der Waals surface area contributed by atoms with Gasteiger partial charge in [-0.1, -0.05) is 0 Å². The van der Waals surface area contributed by atoms with Crippen LogP contribution < -0.4 is 4.72 Å². The van der Waals surface area contributed by atoms with Gasteiger partial charge < -0.3 is 0 Å². The van der Waals surface area contributed by atoms with Gasteiger partial charge in [-0.15, -0.1) is 11.3 Å². The third kappa shape index (κ3) is 3.62. The van der Waals surface area contributed by atoms with Crippen LogP contribution in [-0.4, -0.2) is 13.3 Å². The molecular weight excluding hydrogens is 448 g/mol. The molecule has 0 radical (unpaired) electrons. The van der Waals surface area contributed by atoms with Gasteiger partial charge in [-0.25, -0.2) is 8.42 Å². The summed E-state index contributed by atoms with van der Waals surface area (Å²) < 4.78 is 27.9. The maximum Gasteiger partial charge on any atom is 0.285 e. The summed E-state index contributed by atoms with van der Waals surface area (Å²) in [6.07, 6.45) is 0. The van der Waals surface area contributed by atoms with Crippen molar-refractivity contribution in [2.45, 2.75) is 11.1 Å². The summed E-state index contributed by atoms with van der Waals surface area (Å²) in [4.78, 5) is 10.3. The maximum atomic E-state index is 12.2. The lowest BCUT2D eigenvalue weighted by atomic mass is 10.3. The Morgan fingerprint density at radius 2 is 1.95 bits per heavy atom. The van der Waals surface area contributed by atoms with Crippen molar-refractivity contribution in [1.29, 1.82) is 0 Å². The molecule has 0 atom stereocenters. The summed E-state index contributed by atoms with van der Waals surface area (Å²) in [6.45, 7) is 1.78. The molecule has 0 unspecified atom stereocenters. The molecule has 6 nitrogen and oxygen atoms in total. The van der Waals surface area contributed by atoms with Gasteiger partial charge in [0.25, 0.3) is 15.7 Å². The van der Waals surface area contributed by atoms with E-state index in [2.05, 4.69) is 36.6 Å². The number of hydrogen-bond acceptors (Lipinski definition) is 5. The normalized spacial score (nSPS) is 11.4. The van der Waals surface area contributed by atoms with Crippen LogP contribution in [0.25, 0.3) is 0 Å². The van der Waals surface area contributed by atoms with Crippen LogP contribution in [0.1, 0.15) is 5.56 Å². The summed E-state index contributed by atoms with van der Waals surface area (Å²) in [5.74, 6) is 0. The number of sulfonamides is 1. The molecule has 112 valence electrons. The van der Waals surface area contributed by atoms with E-state index in [9.17, 15) is 18.5 Å². The summed E-state index contributed by atoms with van der Waals surface area (Å²) in [7, 11) is -3.77. The van der Waals surface area contributed by atoms with E-state index >= 15 is 0 Å². The second-order valence-electron chi connectivity index (χ2n) is 4.05. The average Bonchev–Trinajstić information content (AvgIpc) is 2.72. The molecule has 1 aromatic heterocycles. The van der Waals surface area contributed by atoms with E-state index in [1.165, 1.54) is 18.2 Å². The minimum atomic E-state index is -3.77. The number of rotatable bonds is 4. The van der Waals surface area contributed by atoms with E-state index in [1.807, 2.05) is 0 Å². The van der Waals surface area contributed by atoms with Gasteiger partial charge >= 0.3 is 0 Å². The SMILES string of the molecule is Cc1cc(S(=O)(=O)Nc2ccc(Br)c([N+](=O)[O-])c2)sc1Br. The van der Waals surface area contributed by atoms with Crippen LogP contribution >= 0.6 is 43.2 Å². The Bertz CT molecular complexity index is 798. The predicted molar refractivity (Wildman–Crippen MR) is 88.4 cm³/mol. The number of aryl methyl sites for hydroxylation is 1. The highest BCUT2D eigenvalue weighted by Gasteiger charge is 2.20. The van der Waals surface area contributed by atoms with Crippen LogP contribution in [0.15, 0.2) is 36.7 Å². The van der Waals surface area contributed by atoms with Crippen molar-refractivity contribution in [3.63, 3.8) is 0 Å². The Balaban J connectivity index is 2.37. The second-order valence-corrected chi connectivity index (χ2v) is 9.18. The van der Waals surface area contributed by atoms with Gasteiger partial charge in [0, 0.05) is 6.07 Å². The van der Waals surface area contributed by atoms with E-state index in [1.54, 1.807) is 6.92 Å². The molecule has 0 aliphatic carbocycles. The fourth-order valence-corrected chi connectivity index (χ4v) is 5.15. The van der Waals surface area contributed by atoms with Crippen molar-refractivity contribution in [3.05, 3.63) is 48.2 Å². The molecule has 1 N–H and O–H groups in total. The van der Waals surface area contributed by atoms with Crippen LogP contribution in [0.4, 0.5) is 11.4 Å². The first-order valence-corrected chi connectivity index (χ1v) is 9.32. The number of nitro groups is 1. The molecule has 0 aliphatic rings. The lowest BCUT2D eigenvalue weighted by Gasteiger charge is -2.06. The zero-order valence-electron chi connectivity index (χ0n) is 10.5. The van der Waals surface area contributed by atoms with Gasteiger partial charge in [0.05, 0.1) is 18.9 Å². The first kappa shape index (κ1) is 16.4. The smallest absolute Gasteiger partial charge is 0.279 e. The lowest BCUT2D eigenvalue weighted by Crippen LogP contribution is -2.11. The van der Waals surface area contributed by atoms with Crippen LogP contribution in [0.3, 0.4) is 0 Å². The van der Waals surface area contributed by atoms with Crippen molar-refractivity contribution >= 4 is 64.6 Å². The molecule has 0 fully saturated rings. The van der Waals surface area contributed by atoms with Crippen molar-refractivity contribution in [2.75, 3.05) is 4.72 Å². The number of nitro benzene ring substituents is 1. The van der Waals surface area contributed by atoms with Crippen molar-refractivity contribution in [1.82, 2.24) is 0 Å². The van der Waals surface area contributed by atoms with Crippen LogP contribution in [-0.2, 0) is 10.0 Å². The molecule has 2 rings (SSSR count). The molecule has 0 saturated heterocycles. The largest absolute Gasteiger partial charge is 0.285 e. The number of halogens is 2. The topological polar surface area (TPSA) is 89.3 Å². The number of benzene rings is 1. The van der Waals surface area contributed by atoms with Gasteiger partial charge in [-0.05, 0) is 62.5 Å². The van der Waals surface area contributed by atoms with Crippen molar-refractivity contribution in [3.8, 4) is 0 Å². The lowest BCUT2D eigenvalue weighted by molar-refractivity contribution is -0.385. The Hall–Kier alpha value is -0.970. The average molecular weight is 456 g/mol. The third-order valence-electron chi connectivity index (χ3n) is 2.49. The molecule has 0 saturated carbocycles. The molecule has 21 heavy (non-hydrogen) atoms. The fraction of sp³-hybridized carbons (Fsp3) is 0.0909. The Kier molecular flexibility index (Phi) is 4.71. The molecule has 0 spiro atoms. The zero-order chi connectivity index (χ0) is 15.8. The number of nitrogens with one attached hydrogen (secondary N) is 1. The highest BCUT2D eigenvalue weighted by molar-refractivity contribution is 9.11. The molecule has 1 aromatic carbocycles. The van der Waals surface area contributed by atoms with Crippen LogP contribution in [0.2, 0.25) is 0 Å². The zero-order valence-corrected chi connectivity index (χ0v) is 15.3. The molecule has 0 aliphatic heterocycles. The van der Waals surface area contributed by atoms with Gasteiger partial charge in [0.1, 0.15) is 4.21 Å². The molecule has 2 aromatic rings. The number of anilines is 1. The van der Waals surface area contributed by atoms with Crippen molar-refractivity contribution < 1.29 is 13.3 Å². The van der Waals surface area contributed by atoms with Gasteiger partial charge in [-0.3, -0.25) is 14.8 Å². The minimum Gasteiger partial charge on any atom is -0.279 e. The highest BCUT2D eigenvalue weighted by atomic mass is 79.9. The molecule has 1 heterocycles. The number of thiophene rings is 1. The number of nitrogens with zero attached hydrogens (tertiary/aromatic N) is 1. The highest BCUT2D eigenvalue weighted by Crippen LogP contribution is 2.33. The summed E-state index contributed by atoms with van der Waals surface area (Å²) in [6, 6.07) is 5.57. The van der Waals surface area contributed by atoms with Gasteiger partial charge in [0.2, 0.25) is 0 Å². The van der Waals surface area contributed by atoms with Crippen molar-refractivity contribution in [2.24, 2.45) is 0 Å². The number of hydrogen-bond donors (Lipinski definition) is 1. The second kappa shape index (κ2) is 6.03. The van der Waals surface area contributed by atoms with Crippen LogP contribution in [0.5, 0.6) is 0 Å². The monoisotopic (exact) mass is 454 g/mol. The Morgan fingerprint density at radius 1 is 1.29 bits per heavy atom. The molecule has 0 bridgehead atoms. The van der Waals surface area contributed by atoms with E-state index in [4.69, 9.17) is 0 Å². The predicted octanol–water partition coefficient (Wildman–Crippen LogP) is 4.29. The minimum absolute atomic E-state index is 0.132. The van der Waals surface area contributed by atoms with Crippen LogP contribution in [0, 0.1) is 17.0 Å². The molecule has 10 heteroatoms. The van der Waals surface area contributed by atoms with Gasteiger partial charge in [-0.2, -0.15) is 0 Å². The molecular formula is C11H8Br2N2O4S2. The third-order valence-corrected chi connectivity index (χ3v) is 7.16.